The van der Waals surface area contributed by atoms with Crippen LogP contribution in [0, 0.1) is 0 Å². The average Bonchev–Trinajstić information content (AvgIpc) is 1.12. The molecule has 8 nitrogen and oxygen atoms in total. The van der Waals surface area contributed by atoms with Crippen molar-refractivity contribution in [3.05, 3.63) is 0 Å². The Morgan fingerprint density at radius 3 is 0.929 bits per heavy atom. The van der Waals surface area contributed by atoms with Gasteiger partial charge in [0.15, 0.2) is 0 Å². The Bertz CT molecular complexity index is 117. The van der Waals surface area contributed by atoms with Crippen LogP contribution >= 0.6 is 7.82 Å². The van der Waals surface area contributed by atoms with E-state index in [4.69, 9.17) is 38.4 Å². The Morgan fingerprint density at radius 1 is 0.929 bits per heavy atom. The van der Waals surface area contributed by atoms with E-state index in [9.17, 15) is 0 Å². The molecule has 0 rings (SSSR count). The van der Waals surface area contributed by atoms with Crippen molar-refractivity contribution in [2.24, 2.45) is 0 Å². The summed E-state index contributed by atoms with van der Waals surface area (Å²) < 4.78 is 8.77. The summed E-state index contributed by atoms with van der Waals surface area (Å²) in [6.45, 7) is 0. The minimum Gasteiger partial charge on any atom is -0.894 e. The summed E-state index contributed by atoms with van der Waals surface area (Å²) in [5, 5.41) is 0. The third-order valence-corrected chi connectivity index (χ3v) is 0. The van der Waals surface area contributed by atoms with Crippen molar-refractivity contribution in [2.75, 3.05) is 0 Å². The normalized spacial score (nSPS) is 8.50. The zero-order valence-electron chi connectivity index (χ0n) is 8.00. The molecule has 0 atom stereocenters. The third-order valence-electron chi connectivity index (χ3n) is 0. The fraction of sp³-hybridized carbons (Fsp3) is 0. The van der Waals surface area contributed by atoms with Gasteiger partial charge in [-0.2, -0.15) is 0 Å². The molecule has 0 spiro atoms. The fourth-order valence-corrected chi connectivity index (χ4v) is 0. The van der Waals surface area contributed by atoms with E-state index in [1.807, 2.05) is 0 Å². The van der Waals surface area contributed by atoms with Gasteiger partial charge in [-0.1, -0.05) is 0 Å². The van der Waals surface area contributed by atoms with Gasteiger partial charge in [-0.3, -0.25) is 4.57 Å². The Morgan fingerprint density at radius 2 is 0.929 bits per heavy atom. The van der Waals surface area contributed by atoms with Crippen LogP contribution in [0.4, 0.5) is 0 Å². The summed E-state index contributed by atoms with van der Waals surface area (Å²) in [5.41, 5.74) is 0. The first-order valence-electron chi connectivity index (χ1n) is 1.58. The van der Waals surface area contributed by atoms with Gasteiger partial charge in [0.05, 0.1) is 0 Å². The Kier molecular flexibility index (Phi) is 43.7. The third kappa shape index (κ3) is 230. The molecule has 0 aliphatic rings. The van der Waals surface area contributed by atoms with Gasteiger partial charge in [0.1, 0.15) is 0 Å². The number of hydrogen-bond donors (Lipinski definition) is 2. The largest absolute Gasteiger partial charge is 2.00 e. The molecule has 0 saturated carbocycles. The molecule has 0 aromatic rings. The zero-order valence-corrected chi connectivity index (χ0v) is 17.3. The molecule has 0 bridgehead atoms. The molecule has 2 N–H and O–H groups in total. The van der Waals surface area contributed by atoms with Crippen LogP contribution in [0.2, 0.25) is 0 Å². The summed E-state index contributed by atoms with van der Waals surface area (Å²) >= 11 is 0. The summed E-state index contributed by atoms with van der Waals surface area (Å²) in [6, 6.07) is 0. The van der Waals surface area contributed by atoms with Gasteiger partial charge in [-0.15, -0.1) is 0 Å². The molecule has 0 radical (unpaired) electrons. The van der Waals surface area contributed by atoms with Crippen LogP contribution in [0.3, 0.4) is 0 Å². The van der Waals surface area contributed by atoms with Crippen LogP contribution in [-0.2, 0) is 4.57 Å². The van der Waals surface area contributed by atoms with Crippen LogP contribution in [0.15, 0.2) is 0 Å². The maximum Gasteiger partial charge on any atom is 2.00 e. The van der Waals surface area contributed by atoms with Gasteiger partial charge in [-0.25, -0.2) is 0 Å². The molecule has 0 aromatic carbocycles. The molecule has 0 aromatic heterocycles. The fourth-order valence-electron chi connectivity index (χ4n) is 0. The first kappa shape index (κ1) is 36.1. The summed E-state index contributed by atoms with van der Waals surface area (Å²) in [7, 11) is -10.5. The second kappa shape index (κ2) is 16.9. The second-order valence-corrected chi connectivity index (χ2v) is 2.97. The molecule has 0 aliphatic heterocycles. The van der Waals surface area contributed by atoms with E-state index in [1.54, 1.807) is 0 Å². The van der Waals surface area contributed by atoms with Gasteiger partial charge in [-0.05, 0) is 0 Å². The first-order chi connectivity index (χ1) is 4.00. The van der Waals surface area contributed by atoms with Crippen LogP contribution < -0.4 is 113 Å². The van der Waals surface area contributed by atoms with Crippen LogP contribution in [0.1, 0.15) is 0 Å². The molecule has 0 unspecified atom stereocenters. The second-order valence-electron chi connectivity index (χ2n) is 0.991. The Labute approximate surface area is 164 Å². The smallest absolute Gasteiger partial charge is 0.894 e. The van der Waals surface area contributed by atoms with E-state index < -0.39 is 16.9 Å². The molecule has 0 saturated heterocycles. The van der Waals surface area contributed by atoms with Crippen molar-refractivity contribution >= 4 is 39.9 Å². The van der Waals surface area contributed by atoms with Gasteiger partial charge in [0, 0.05) is 0 Å². The predicted molar refractivity (Wildman–Crippen MR) is 23.6 cm³/mol. The molecule has 0 fully saturated rings. The molecular formula is H2MgNa3O8PSi. The predicted octanol–water partition coefficient (Wildman–Crippen LogP) is -16.1. The number of rotatable bonds is 0. The maximum absolute atomic E-state index is 8.77. The van der Waals surface area contributed by atoms with Crippen LogP contribution in [0.5, 0.6) is 0 Å². The van der Waals surface area contributed by atoms with E-state index in [0.29, 0.717) is 0 Å². The van der Waals surface area contributed by atoms with Gasteiger partial charge in [0.25, 0.3) is 7.82 Å². The topological polar surface area (TPSA) is 173 Å². The number of phosphoric acid groups is 1. The first-order valence-corrected chi connectivity index (χ1v) is 4.74. The quantitative estimate of drug-likeness (QED) is 0.325. The van der Waals surface area contributed by atoms with Crippen molar-refractivity contribution in [2.45, 2.75) is 0 Å². The molecule has 14 heavy (non-hydrogen) atoms. The van der Waals surface area contributed by atoms with E-state index in [1.165, 1.54) is 0 Å². The van der Waals surface area contributed by atoms with Crippen molar-refractivity contribution in [1.82, 2.24) is 0 Å². The van der Waals surface area contributed by atoms with E-state index in [2.05, 4.69) is 0 Å². The minimum absolute atomic E-state index is 0. The zero-order chi connectivity index (χ0) is 9.00. The van der Waals surface area contributed by atoms with E-state index >= 15 is 0 Å². The van der Waals surface area contributed by atoms with Gasteiger partial charge >= 0.3 is 112 Å². The summed E-state index contributed by atoms with van der Waals surface area (Å²) in [4.78, 5) is 57.2. The van der Waals surface area contributed by atoms with Crippen molar-refractivity contribution in [3.8, 4) is 0 Å². The minimum atomic E-state index is -5.61. The Balaban J connectivity index is -0.0000000178. The van der Waals surface area contributed by atoms with Crippen molar-refractivity contribution in [1.29, 1.82) is 0 Å². The molecule has 64 valence electrons. The van der Waals surface area contributed by atoms with Gasteiger partial charge in [0.2, 0.25) is 0 Å². The summed E-state index contributed by atoms with van der Waals surface area (Å²) in [6.07, 6.45) is 0. The van der Waals surface area contributed by atoms with Gasteiger partial charge < -0.3 is 42.9 Å². The van der Waals surface area contributed by atoms with Crippen molar-refractivity contribution in [3.63, 3.8) is 0 Å². The molecular weight excluding hydrogens is 280 g/mol. The maximum atomic E-state index is 8.77. The molecule has 0 aliphatic carbocycles. The van der Waals surface area contributed by atoms with Crippen LogP contribution in [0.25, 0.3) is 0 Å². The Hall–Kier alpha value is 3.93. The molecule has 0 heterocycles. The van der Waals surface area contributed by atoms with Crippen LogP contribution in [-0.4, -0.2) is 41.9 Å². The molecule has 14 heteroatoms. The standard InChI is InChI=1S/Mg.3Na.H3O4P.O4Si/c;;;;2*1-5(2,3)4/h;;;;(H3,1,2,3,4);/q+2;3*+1;;-4/p-1. The molecule has 0 amide bonds. The van der Waals surface area contributed by atoms with E-state index in [0.717, 1.165) is 0 Å². The average molecular weight is 282 g/mol. The van der Waals surface area contributed by atoms with Crippen molar-refractivity contribution < 1.29 is 127 Å². The monoisotopic (exact) mass is 282 g/mol. The SMILES string of the molecule is O=P([O-])(O)O.[Mg+2].[Na+].[Na+].[Na+].[O-][Si]([O-])([O-])[O-]. The van der Waals surface area contributed by atoms with E-state index in [-0.39, 0.29) is 112 Å². The number of hydrogen-bond acceptors (Lipinski definition) is 6. The summed E-state index contributed by atoms with van der Waals surface area (Å²) in [5.74, 6) is 0.